The predicted octanol–water partition coefficient (Wildman–Crippen LogP) is 3.01. The van der Waals surface area contributed by atoms with Gasteiger partial charge in [-0.3, -0.25) is 0 Å². The molecule has 0 bridgehead atoms. The van der Waals surface area contributed by atoms with E-state index in [9.17, 15) is 4.79 Å². The average Bonchev–Trinajstić information content (AvgIpc) is 2.73. The topological polar surface area (TPSA) is 78.9 Å². The second-order valence-corrected chi connectivity index (χ2v) is 5.80. The van der Waals surface area contributed by atoms with E-state index in [4.69, 9.17) is 10.4 Å². The third-order valence-electron chi connectivity index (χ3n) is 2.77. The smallest absolute Gasteiger partial charge is 0.335 e. The molecule has 0 spiro atoms. The Bertz CT molecular complexity index is 686. The molecule has 1 aromatic heterocycles. The zero-order valence-electron chi connectivity index (χ0n) is 11.3. The van der Waals surface area contributed by atoms with E-state index in [2.05, 4.69) is 24.9 Å². The lowest BCUT2D eigenvalue weighted by Gasteiger charge is -2.10. The molecule has 0 aliphatic carbocycles. The Kier molecular flexibility index (Phi) is 4.30. The van der Waals surface area contributed by atoms with Crippen molar-refractivity contribution < 1.29 is 9.90 Å². The van der Waals surface area contributed by atoms with E-state index in [1.807, 2.05) is 4.57 Å². The maximum atomic E-state index is 11.0. The molecule has 2 rings (SSSR count). The van der Waals surface area contributed by atoms with Crippen molar-refractivity contribution in [1.29, 1.82) is 5.26 Å². The van der Waals surface area contributed by atoms with Crippen LogP contribution in [0.25, 0.3) is 11.0 Å². The van der Waals surface area contributed by atoms with E-state index in [0.717, 1.165) is 17.2 Å². The third-order valence-corrected chi connectivity index (χ3v) is 3.62. The highest BCUT2D eigenvalue weighted by Gasteiger charge is 2.14. The van der Waals surface area contributed by atoms with Crippen molar-refractivity contribution in [1.82, 2.24) is 9.55 Å². The minimum atomic E-state index is -0.962. The van der Waals surface area contributed by atoms with Gasteiger partial charge in [-0.05, 0) is 24.1 Å². The van der Waals surface area contributed by atoms with E-state index >= 15 is 0 Å². The number of thioether (sulfide) groups is 1. The molecule has 0 saturated heterocycles. The van der Waals surface area contributed by atoms with Crippen LogP contribution in [0.4, 0.5) is 0 Å². The molecule has 1 heterocycles. The number of carbonyl (C=O) groups is 1. The Morgan fingerprint density at radius 3 is 2.90 bits per heavy atom. The molecule has 5 nitrogen and oxygen atoms in total. The van der Waals surface area contributed by atoms with Crippen LogP contribution in [0, 0.1) is 17.2 Å². The van der Waals surface area contributed by atoms with Gasteiger partial charge in [0.25, 0.3) is 0 Å². The Balaban J connectivity index is 2.53. The van der Waals surface area contributed by atoms with Crippen molar-refractivity contribution >= 4 is 28.8 Å². The van der Waals surface area contributed by atoms with Crippen LogP contribution >= 0.6 is 11.8 Å². The number of hydrogen-bond donors (Lipinski definition) is 1. The SMILES string of the molecule is CC(C)Cn1c(SCC#N)nc2cc(C(=O)O)ccc21. The molecule has 0 atom stereocenters. The number of rotatable bonds is 5. The van der Waals surface area contributed by atoms with Gasteiger partial charge in [0.1, 0.15) is 0 Å². The lowest BCUT2D eigenvalue weighted by molar-refractivity contribution is 0.0697. The molecule has 1 aromatic carbocycles. The van der Waals surface area contributed by atoms with Crippen LogP contribution in [0.3, 0.4) is 0 Å². The summed E-state index contributed by atoms with van der Waals surface area (Å²) in [5.74, 6) is -0.197. The quantitative estimate of drug-likeness (QED) is 0.856. The highest BCUT2D eigenvalue weighted by Crippen LogP contribution is 2.25. The van der Waals surface area contributed by atoms with Crippen molar-refractivity contribution in [3.05, 3.63) is 23.8 Å². The van der Waals surface area contributed by atoms with Gasteiger partial charge in [-0.1, -0.05) is 25.6 Å². The van der Waals surface area contributed by atoms with Crippen LogP contribution in [0.5, 0.6) is 0 Å². The fraction of sp³-hybridized carbons (Fsp3) is 0.357. The summed E-state index contributed by atoms with van der Waals surface area (Å²) in [6.45, 7) is 5.00. The van der Waals surface area contributed by atoms with Crippen molar-refractivity contribution in [2.24, 2.45) is 5.92 Å². The zero-order valence-corrected chi connectivity index (χ0v) is 12.1. The van der Waals surface area contributed by atoms with E-state index in [0.29, 0.717) is 17.2 Å². The number of nitriles is 1. The van der Waals surface area contributed by atoms with Gasteiger partial charge in [0.05, 0.1) is 28.4 Å². The monoisotopic (exact) mass is 289 g/mol. The molecule has 0 saturated carbocycles. The van der Waals surface area contributed by atoms with Crippen molar-refractivity contribution in [2.45, 2.75) is 25.5 Å². The zero-order chi connectivity index (χ0) is 14.7. The molecule has 6 heteroatoms. The van der Waals surface area contributed by atoms with Crippen molar-refractivity contribution in [3.63, 3.8) is 0 Å². The normalized spacial score (nSPS) is 10.9. The van der Waals surface area contributed by atoms with Gasteiger partial charge in [0, 0.05) is 6.54 Å². The largest absolute Gasteiger partial charge is 0.478 e. The number of carboxylic acids is 1. The number of aromatic nitrogens is 2. The Labute approximate surface area is 121 Å². The Morgan fingerprint density at radius 2 is 2.30 bits per heavy atom. The van der Waals surface area contributed by atoms with Gasteiger partial charge < -0.3 is 9.67 Å². The first kappa shape index (κ1) is 14.4. The second kappa shape index (κ2) is 5.97. The lowest BCUT2D eigenvalue weighted by atomic mass is 10.2. The van der Waals surface area contributed by atoms with Crippen LogP contribution in [0.2, 0.25) is 0 Å². The first-order chi connectivity index (χ1) is 9.52. The minimum absolute atomic E-state index is 0.225. The van der Waals surface area contributed by atoms with Crippen LogP contribution in [-0.2, 0) is 6.54 Å². The maximum absolute atomic E-state index is 11.0. The maximum Gasteiger partial charge on any atom is 0.335 e. The number of carboxylic acid groups (broad SMARTS) is 1. The van der Waals surface area contributed by atoms with Crippen LogP contribution in [-0.4, -0.2) is 26.4 Å². The van der Waals surface area contributed by atoms with Crippen LogP contribution < -0.4 is 0 Å². The molecule has 0 radical (unpaired) electrons. The average molecular weight is 289 g/mol. The summed E-state index contributed by atoms with van der Waals surface area (Å²) in [6.07, 6.45) is 0. The molecule has 0 fully saturated rings. The highest BCUT2D eigenvalue weighted by atomic mass is 32.2. The molecular weight excluding hydrogens is 274 g/mol. The summed E-state index contributed by atoms with van der Waals surface area (Å²) in [7, 11) is 0. The first-order valence-electron chi connectivity index (χ1n) is 6.26. The second-order valence-electron chi connectivity index (χ2n) is 4.85. The van der Waals surface area contributed by atoms with Crippen LogP contribution in [0.15, 0.2) is 23.4 Å². The van der Waals surface area contributed by atoms with Gasteiger partial charge in [-0.2, -0.15) is 5.26 Å². The summed E-state index contributed by atoms with van der Waals surface area (Å²) in [5, 5.41) is 18.5. The number of hydrogen-bond acceptors (Lipinski definition) is 4. The molecule has 20 heavy (non-hydrogen) atoms. The number of fused-ring (bicyclic) bond motifs is 1. The van der Waals surface area contributed by atoms with Crippen LogP contribution in [0.1, 0.15) is 24.2 Å². The van der Waals surface area contributed by atoms with Gasteiger partial charge in [0.2, 0.25) is 0 Å². The molecule has 2 aromatic rings. The molecule has 1 N–H and O–H groups in total. The van der Waals surface area contributed by atoms with Crippen molar-refractivity contribution in [3.8, 4) is 6.07 Å². The minimum Gasteiger partial charge on any atom is -0.478 e. The number of nitrogens with zero attached hydrogens (tertiary/aromatic N) is 3. The summed E-state index contributed by atoms with van der Waals surface area (Å²) in [5.41, 5.74) is 1.79. The standard InChI is InChI=1S/C14H15N3O2S/c1-9(2)8-17-12-4-3-10(13(18)19)7-11(12)16-14(17)20-6-5-15/h3-4,7,9H,6,8H2,1-2H3,(H,18,19). The predicted molar refractivity (Wildman–Crippen MR) is 77.9 cm³/mol. The van der Waals surface area contributed by atoms with E-state index in [1.165, 1.54) is 11.8 Å². The Hall–Kier alpha value is -2.00. The van der Waals surface area contributed by atoms with E-state index < -0.39 is 5.97 Å². The summed E-state index contributed by atoms with van der Waals surface area (Å²) in [6, 6.07) is 7.03. The molecule has 0 unspecified atom stereocenters. The number of aromatic carboxylic acids is 1. The first-order valence-corrected chi connectivity index (χ1v) is 7.24. The lowest BCUT2D eigenvalue weighted by Crippen LogP contribution is -2.06. The third kappa shape index (κ3) is 2.94. The van der Waals surface area contributed by atoms with Gasteiger partial charge in [0.15, 0.2) is 5.16 Å². The molecule has 104 valence electrons. The fourth-order valence-corrected chi connectivity index (χ4v) is 2.67. The van der Waals surface area contributed by atoms with Gasteiger partial charge in [-0.25, -0.2) is 9.78 Å². The van der Waals surface area contributed by atoms with E-state index in [-0.39, 0.29) is 5.56 Å². The summed E-state index contributed by atoms with van der Waals surface area (Å²) in [4.78, 5) is 15.5. The number of imidazole rings is 1. The summed E-state index contributed by atoms with van der Waals surface area (Å²) < 4.78 is 2.05. The molecule has 0 amide bonds. The fourth-order valence-electron chi connectivity index (χ4n) is 1.99. The van der Waals surface area contributed by atoms with Gasteiger partial charge >= 0.3 is 5.97 Å². The highest BCUT2D eigenvalue weighted by molar-refractivity contribution is 7.99. The Morgan fingerprint density at radius 1 is 1.55 bits per heavy atom. The molecule has 0 aliphatic heterocycles. The molecular formula is C14H15N3O2S. The summed E-state index contributed by atoms with van der Waals surface area (Å²) >= 11 is 1.37. The molecule has 0 aliphatic rings. The van der Waals surface area contributed by atoms with Gasteiger partial charge in [-0.15, -0.1) is 0 Å². The van der Waals surface area contributed by atoms with E-state index in [1.54, 1.807) is 18.2 Å². The number of benzene rings is 1. The van der Waals surface area contributed by atoms with Crippen molar-refractivity contribution in [2.75, 3.05) is 5.75 Å².